The molecule has 176 valence electrons. The summed E-state index contributed by atoms with van der Waals surface area (Å²) in [5.41, 5.74) is 0.526. The number of urea groups is 1. The highest BCUT2D eigenvalue weighted by atomic mass is 32.2. The lowest BCUT2D eigenvalue weighted by atomic mass is 9.92. The predicted octanol–water partition coefficient (Wildman–Crippen LogP) is 4.93. The molecule has 0 fully saturated rings. The maximum atomic E-state index is 13.7. The first kappa shape index (κ1) is 23.7. The van der Waals surface area contributed by atoms with Crippen LogP contribution in [-0.2, 0) is 21.8 Å². The van der Waals surface area contributed by atoms with Gasteiger partial charge in [-0.15, -0.1) is 0 Å². The first-order chi connectivity index (χ1) is 16.1. The summed E-state index contributed by atoms with van der Waals surface area (Å²) in [5.74, 6) is -0.222. The summed E-state index contributed by atoms with van der Waals surface area (Å²) in [7, 11) is -1.52. The van der Waals surface area contributed by atoms with Crippen LogP contribution in [0.5, 0.6) is 0 Å². The molecule has 0 aromatic heterocycles. The maximum absolute atomic E-state index is 13.7. The number of ketones is 1. The molecule has 34 heavy (non-hydrogen) atoms. The summed E-state index contributed by atoms with van der Waals surface area (Å²) < 4.78 is 52.5. The van der Waals surface area contributed by atoms with Crippen molar-refractivity contribution in [2.75, 3.05) is 17.7 Å². The minimum Gasteiger partial charge on any atom is -0.313 e. The van der Waals surface area contributed by atoms with Crippen LogP contribution in [0.1, 0.15) is 42.5 Å². The van der Waals surface area contributed by atoms with Gasteiger partial charge in [0.15, 0.2) is 5.78 Å². The number of amides is 2. The van der Waals surface area contributed by atoms with Crippen molar-refractivity contribution >= 4 is 28.3 Å². The molecule has 6 nitrogen and oxygen atoms in total. The molecule has 2 aromatic carbocycles. The monoisotopic (exact) mass is 487 g/mol. The molecule has 0 bridgehead atoms. The van der Waals surface area contributed by atoms with Crippen LogP contribution >= 0.6 is 0 Å². The van der Waals surface area contributed by atoms with Crippen molar-refractivity contribution in [1.29, 1.82) is 5.26 Å². The Bertz CT molecular complexity index is 1300. The number of nitrogens with zero attached hydrogens (tertiary/aromatic N) is 3. The minimum absolute atomic E-state index is 0.0260. The lowest BCUT2D eigenvalue weighted by molar-refractivity contribution is -0.137. The van der Waals surface area contributed by atoms with Gasteiger partial charge in [0.1, 0.15) is 0 Å². The fourth-order valence-corrected chi connectivity index (χ4v) is 5.33. The maximum Gasteiger partial charge on any atom is 0.416 e. The SMILES string of the molecule is CCN1C(=O)N(c2cccc(C(F)(F)F)c2)C2=C(C(=O)CC2)C1c1ccc(C#N)cc1S(C)=O. The molecule has 10 heteroatoms. The predicted molar refractivity (Wildman–Crippen MR) is 119 cm³/mol. The van der Waals surface area contributed by atoms with E-state index in [9.17, 15) is 32.2 Å². The van der Waals surface area contributed by atoms with Gasteiger partial charge in [0, 0.05) is 35.4 Å². The lowest BCUT2D eigenvalue weighted by Gasteiger charge is -2.42. The molecule has 4 rings (SSSR count). The van der Waals surface area contributed by atoms with Gasteiger partial charge in [-0.2, -0.15) is 18.4 Å². The molecule has 2 aromatic rings. The Morgan fingerprint density at radius 1 is 1.15 bits per heavy atom. The number of anilines is 1. The molecule has 1 heterocycles. The van der Waals surface area contributed by atoms with Gasteiger partial charge in [0.2, 0.25) is 0 Å². The Hall–Kier alpha value is -3.45. The Balaban J connectivity index is 1.95. The number of likely N-dealkylation sites (N-methyl/N-ethyl adjacent to an activating group) is 1. The first-order valence-corrected chi connectivity index (χ1v) is 12.1. The molecule has 2 unspecified atom stereocenters. The van der Waals surface area contributed by atoms with E-state index >= 15 is 0 Å². The summed E-state index contributed by atoms with van der Waals surface area (Å²) in [6.45, 7) is 1.85. The van der Waals surface area contributed by atoms with Gasteiger partial charge in [-0.05, 0) is 49.2 Å². The van der Waals surface area contributed by atoms with Gasteiger partial charge in [0.25, 0.3) is 0 Å². The van der Waals surface area contributed by atoms with E-state index in [1.54, 1.807) is 13.0 Å². The van der Waals surface area contributed by atoms with Crippen LogP contribution in [0.3, 0.4) is 0 Å². The number of Topliss-reactive ketones (excluding diaryl/α,β-unsaturated/α-hetero) is 1. The van der Waals surface area contributed by atoms with Crippen LogP contribution in [-0.4, -0.2) is 33.7 Å². The van der Waals surface area contributed by atoms with E-state index in [-0.39, 0.29) is 36.4 Å². The van der Waals surface area contributed by atoms with E-state index in [0.29, 0.717) is 21.7 Å². The van der Waals surface area contributed by atoms with E-state index < -0.39 is 34.6 Å². The minimum atomic E-state index is -4.59. The Kier molecular flexibility index (Phi) is 6.08. The molecular weight excluding hydrogens is 467 g/mol. The smallest absolute Gasteiger partial charge is 0.313 e. The summed E-state index contributed by atoms with van der Waals surface area (Å²) >= 11 is 0. The third-order valence-electron chi connectivity index (χ3n) is 6.01. The topological polar surface area (TPSA) is 81.5 Å². The van der Waals surface area contributed by atoms with Crippen molar-refractivity contribution in [3.05, 3.63) is 70.4 Å². The molecule has 0 N–H and O–H groups in total. The number of allylic oxidation sites excluding steroid dienone is 1. The molecule has 1 aliphatic carbocycles. The van der Waals surface area contributed by atoms with Crippen molar-refractivity contribution in [2.24, 2.45) is 0 Å². The Morgan fingerprint density at radius 2 is 1.88 bits per heavy atom. The zero-order valence-corrected chi connectivity index (χ0v) is 19.2. The molecule has 0 saturated carbocycles. The quantitative estimate of drug-likeness (QED) is 0.612. The highest BCUT2D eigenvalue weighted by Crippen LogP contribution is 2.46. The van der Waals surface area contributed by atoms with Crippen molar-refractivity contribution in [3.63, 3.8) is 0 Å². The lowest BCUT2D eigenvalue weighted by Crippen LogP contribution is -2.50. The highest BCUT2D eigenvalue weighted by molar-refractivity contribution is 7.84. The van der Waals surface area contributed by atoms with Gasteiger partial charge in [0.05, 0.1) is 39.7 Å². The first-order valence-electron chi connectivity index (χ1n) is 10.5. The second-order valence-corrected chi connectivity index (χ2v) is 9.30. The summed E-state index contributed by atoms with van der Waals surface area (Å²) in [5, 5.41) is 9.25. The molecule has 0 spiro atoms. The summed E-state index contributed by atoms with van der Waals surface area (Å²) in [4.78, 5) is 29.6. The zero-order valence-electron chi connectivity index (χ0n) is 18.3. The van der Waals surface area contributed by atoms with Crippen molar-refractivity contribution < 1.29 is 27.0 Å². The van der Waals surface area contributed by atoms with Gasteiger partial charge in [-0.1, -0.05) is 12.1 Å². The second kappa shape index (κ2) is 8.72. The fourth-order valence-electron chi connectivity index (χ4n) is 4.52. The van der Waals surface area contributed by atoms with Crippen LogP contribution < -0.4 is 4.90 Å². The Labute approximate surface area is 196 Å². The van der Waals surface area contributed by atoms with Crippen molar-refractivity contribution in [1.82, 2.24) is 4.90 Å². The van der Waals surface area contributed by atoms with Crippen molar-refractivity contribution in [3.8, 4) is 6.07 Å². The fraction of sp³-hybridized carbons (Fsp3) is 0.292. The third-order valence-corrected chi connectivity index (χ3v) is 6.98. The summed E-state index contributed by atoms with van der Waals surface area (Å²) in [6.07, 6.45) is -2.83. The number of hydrogen-bond acceptors (Lipinski definition) is 4. The number of hydrogen-bond donors (Lipinski definition) is 0. The number of carbonyl (C=O) groups is 2. The van der Waals surface area contributed by atoms with Crippen molar-refractivity contribution in [2.45, 2.75) is 36.9 Å². The highest BCUT2D eigenvalue weighted by Gasteiger charge is 2.46. The molecule has 1 aliphatic heterocycles. The number of nitriles is 1. The summed E-state index contributed by atoms with van der Waals surface area (Å²) in [6, 6.07) is 9.62. The molecular formula is C24H20F3N3O3S. The average Bonchev–Trinajstić information content (AvgIpc) is 3.18. The number of halogens is 3. The van der Waals surface area contributed by atoms with Gasteiger partial charge in [-0.25, -0.2) is 4.79 Å². The number of alkyl halides is 3. The van der Waals surface area contributed by atoms with Crippen LogP contribution in [0.2, 0.25) is 0 Å². The average molecular weight is 488 g/mol. The van der Waals surface area contributed by atoms with Crippen LogP contribution in [0.4, 0.5) is 23.7 Å². The van der Waals surface area contributed by atoms with E-state index in [0.717, 1.165) is 12.1 Å². The van der Waals surface area contributed by atoms with Crippen LogP contribution in [0.25, 0.3) is 0 Å². The third kappa shape index (κ3) is 3.90. The number of carbonyl (C=O) groups excluding carboxylic acids is 2. The van der Waals surface area contributed by atoms with E-state index in [1.165, 1.54) is 40.3 Å². The van der Waals surface area contributed by atoms with Gasteiger partial charge in [-0.3, -0.25) is 13.9 Å². The standard InChI is InChI=1S/C24H20F3N3O3S/c1-3-29-22(17-8-7-14(13-28)11-20(17)34(2)33)21-18(9-10-19(21)31)30(23(29)32)16-6-4-5-15(12-16)24(25,26)27/h4-8,11-12,22H,3,9-10H2,1-2H3. The largest absolute Gasteiger partial charge is 0.416 e. The number of benzene rings is 2. The molecule has 2 atom stereocenters. The van der Waals surface area contributed by atoms with E-state index in [1.807, 2.05) is 6.07 Å². The second-order valence-electron chi connectivity index (χ2n) is 7.96. The van der Waals surface area contributed by atoms with E-state index in [4.69, 9.17) is 0 Å². The normalized spacial score (nSPS) is 19.4. The van der Waals surface area contributed by atoms with Crippen LogP contribution in [0, 0.1) is 11.3 Å². The van der Waals surface area contributed by atoms with Gasteiger partial charge < -0.3 is 4.90 Å². The van der Waals surface area contributed by atoms with Crippen LogP contribution in [0.15, 0.2) is 58.6 Å². The van der Waals surface area contributed by atoms with Gasteiger partial charge >= 0.3 is 12.2 Å². The Morgan fingerprint density at radius 3 is 2.50 bits per heavy atom. The molecule has 2 amide bonds. The number of rotatable bonds is 4. The zero-order chi connectivity index (χ0) is 24.8. The van der Waals surface area contributed by atoms with E-state index in [2.05, 4.69) is 0 Å². The molecule has 2 aliphatic rings. The molecule has 0 saturated heterocycles. The molecule has 0 radical (unpaired) electrons.